The van der Waals surface area contributed by atoms with Crippen LogP contribution in [0.2, 0.25) is 0 Å². The zero-order valence-electron chi connectivity index (χ0n) is 6.51. The van der Waals surface area contributed by atoms with Crippen LogP contribution in [0.1, 0.15) is 11.3 Å². The first-order chi connectivity index (χ1) is 5.95. The summed E-state index contributed by atoms with van der Waals surface area (Å²) in [6, 6.07) is 1.90. The lowest BCUT2D eigenvalue weighted by atomic mass is 10.2. The summed E-state index contributed by atoms with van der Waals surface area (Å²) in [4.78, 5) is 0. The topological polar surface area (TPSA) is 53.0 Å². The molecule has 1 heterocycles. The summed E-state index contributed by atoms with van der Waals surface area (Å²) in [5.41, 5.74) is 4.28. The highest BCUT2D eigenvalue weighted by Gasteiger charge is 2.39. The van der Waals surface area contributed by atoms with Gasteiger partial charge in [-0.25, -0.2) is 0 Å². The Morgan fingerprint density at radius 1 is 1.38 bits per heavy atom. The van der Waals surface area contributed by atoms with Crippen molar-refractivity contribution in [1.82, 2.24) is 0 Å². The van der Waals surface area contributed by atoms with Crippen LogP contribution in [0, 0.1) is 5.21 Å². The minimum absolute atomic E-state index is 0.0420. The van der Waals surface area contributed by atoms with Crippen molar-refractivity contribution in [3.05, 3.63) is 34.8 Å². The summed E-state index contributed by atoms with van der Waals surface area (Å²) >= 11 is 0. The predicted molar refractivity (Wildman–Crippen MR) is 38.3 cm³/mol. The molecule has 0 aliphatic heterocycles. The van der Waals surface area contributed by atoms with Crippen molar-refractivity contribution >= 4 is 0 Å². The summed E-state index contributed by atoms with van der Waals surface area (Å²) in [6.07, 6.45) is -3.79. The molecule has 0 radical (unpaired) electrons. The van der Waals surface area contributed by atoms with Gasteiger partial charge in [-0.3, -0.25) is 0 Å². The van der Waals surface area contributed by atoms with E-state index in [9.17, 15) is 18.4 Å². The molecule has 0 saturated carbocycles. The first-order valence-electron chi connectivity index (χ1n) is 3.44. The standard InChI is InChI=1S/C7H7F3N2O/c8-7(9,10)6-2-1-5(3-11)4-12(6)13/h1-2,4H,3,11H2. The molecule has 0 aromatic carbocycles. The van der Waals surface area contributed by atoms with E-state index < -0.39 is 11.9 Å². The Morgan fingerprint density at radius 3 is 2.38 bits per heavy atom. The third kappa shape index (κ3) is 2.09. The van der Waals surface area contributed by atoms with Gasteiger partial charge in [0.05, 0.1) is 0 Å². The van der Waals surface area contributed by atoms with E-state index in [4.69, 9.17) is 5.73 Å². The first-order valence-corrected chi connectivity index (χ1v) is 3.44. The van der Waals surface area contributed by atoms with Crippen LogP contribution in [0.3, 0.4) is 0 Å². The maximum Gasteiger partial charge on any atom is 0.478 e. The van der Waals surface area contributed by atoms with Crippen LogP contribution in [0.25, 0.3) is 0 Å². The van der Waals surface area contributed by atoms with Crippen molar-refractivity contribution in [2.75, 3.05) is 0 Å². The van der Waals surface area contributed by atoms with Crippen LogP contribution in [0.5, 0.6) is 0 Å². The molecule has 0 bridgehead atoms. The quantitative estimate of drug-likeness (QED) is 0.528. The third-order valence-corrected chi connectivity index (χ3v) is 1.50. The molecule has 13 heavy (non-hydrogen) atoms. The smallest absolute Gasteiger partial charge is 0.478 e. The van der Waals surface area contributed by atoms with Crippen molar-refractivity contribution in [3.8, 4) is 0 Å². The Kier molecular flexibility index (Phi) is 2.42. The lowest BCUT2D eigenvalue weighted by Gasteiger charge is -2.07. The zero-order chi connectivity index (χ0) is 10.1. The van der Waals surface area contributed by atoms with Crippen molar-refractivity contribution in [2.24, 2.45) is 5.73 Å². The second-order valence-corrected chi connectivity index (χ2v) is 2.45. The minimum atomic E-state index is -4.62. The molecule has 2 N–H and O–H groups in total. The summed E-state index contributed by atoms with van der Waals surface area (Å²) in [5.74, 6) is 0. The molecule has 0 atom stereocenters. The van der Waals surface area contributed by atoms with E-state index in [2.05, 4.69) is 0 Å². The van der Waals surface area contributed by atoms with Crippen LogP contribution in [-0.4, -0.2) is 0 Å². The van der Waals surface area contributed by atoms with E-state index in [1.807, 2.05) is 0 Å². The van der Waals surface area contributed by atoms with Gasteiger partial charge in [-0.2, -0.15) is 17.9 Å². The van der Waals surface area contributed by atoms with Gasteiger partial charge in [-0.05, 0) is 6.07 Å². The van der Waals surface area contributed by atoms with Crippen molar-refractivity contribution < 1.29 is 17.9 Å². The highest BCUT2D eigenvalue weighted by Crippen LogP contribution is 2.26. The normalized spacial score (nSPS) is 11.7. The number of pyridine rings is 1. The van der Waals surface area contributed by atoms with Crippen molar-refractivity contribution in [1.29, 1.82) is 0 Å². The van der Waals surface area contributed by atoms with Crippen molar-refractivity contribution in [2.45, 2.75) is 12.7 Å². The van der Waals surface area contributed by atoms with E-state index in [-0.39, 0.29) is 11.3 Å². The molecule has 0 aliphatic rings. The van der Waals surface area contributed by atoms with Gasteiger partial charge in [0.15, 0.2) is 6.20 Å². The molecule has 3 nitrogen and oxygen atoms in total. The number of halogens is 3. The number of alkyl halides is 3. The van der Waals surface area contributed by atoms with Crippen LogP contribution in [0.4, 0.5) is 13.2 Å². The number of nitrogens with two attached hydrogens (primary N) is 1. The molecule has 0 unspecified atom stereocenters. The van der Waals surface area contributed by atoms with E-state index in [0.29, 0.717) is 5.56 Å². The van der Waals surface area contributed by atoms with Gasteiger partial charge < -0.3 is 10.9 Å². The van der Waals surface area contributed by atoms with Gasteiger partial charge in [0, 0.05) is 18.2 Å². The average molecular weight is 192 g/mol. The molecule has 0 saturated heterocycles. The molecular formula is C7H7F3N2O. The van der Waals surface area contributed by atoms with Gasteiger partial charge in [-0.15, -0.1) is 0 Å². The molecule has 6 heteroatoms. The monoisotopic (exact) mass is 192 g/mol. The Hall–Kier alpha value is -1.30. The molecule has 0 amide bonds. The number of nitrogens with zero attached hydrogens (tertiary/aromatic N) is 1. The van der Waals surface area contributed by atoms with Crippen LogP contribution in [-0.2, 0) is 12.7 Å². The number of hydrogen-bond acceptors (Lipinski definition) is 2. The van der Waals surface area contributed by atoms with E-state index in [1.54, 1.807) is 0 Å². The molecular weight excluding hydrogens is 185 g/mol. The summed E-state index contributed by atoms with van der Waals surface area (Å²) in [7, 11) is 0. The Bertz CT molecular complexity index is 311. The van der Waals surface area contributed by atoms with Crippen LogP contribution in [0.15, 0.2) is 18.3 Å². The molecule has 0 aliphatic carbocycles. The van der Waals surface area contributed by atoms with Crippen LogP contribution < -0.4 is 10.5 Å². The average Bonchev–Trinajstić information content (AvgIpc) is 2.01. The lowest BCUT2D eigenvalue weighted by molar-refractivity contribution is -0.629. The molecule has 1 aromatic heterocycles. The van der Waals surface area contributed by atoms with Gasteiger partial charge in [0.2, 0.25) is 0 Å². The molecule has 72 valence electrons. The molecule has 1 rings (SSSR count). The maximum absolute atomic E-state index is 12.0. The fourth-order valence-corrected chi connectivity index (χ4v) is 0.863. The SMILES string of the molecule is NCc1ccc(C(F)(F)F)[n+]([O-])c1. The zero-order valence-corrected chi connectivity index (χ0v) is 6.51. The van der Waals surface area contributed by atoms with Crippen molar-refractivity contribution in [3.63, 3.8) is 0 Å². The molecule has 1 aromatic rings. The second kappa shape index (κ2) is 3.21. The highest BCUT2D eigenvalue weighted by molar-refractivity contribution is 5.10. The van der Waals surface area contributed by atoms with Gasteiger partial charge in [-0.1, -0.05) is 0 Å². The van der Waals surface area contributed by atoms with Gasteiger partial charge in [0.1, 0.15) is 0 Å². The summed E-state index contributed by atoms with van der Waals surface area (Å²) in [6.45, 7) is 0.0420. The van der Waals surface area contributed by atoms with E-state index >= 15 is 0 Å². The first kappa shape index (κ1) is 9.79. The third-order valence-electron chi connectivity index (χ3n) is 1.50. The Morgan fingerprint density at radius 2 is 2.00 bits per heavy atom. The summed E-state index contributed by atoms with van der Waals surface area (Å²) in [5, 5.41) is 10.8. The fraction of sp³-hybridized carbons (Fsp3) is 0.286. The van der Waals surface area contributed by atoms with Gasteiger partial charge in [0.25, 0.3) is 5.69 Å². The maximum atomic E-state index is 12.0. The highest BCUT2D eigenvalue weighted by atomic mass is 19.4. The predicted octanol–water partition coefficient (Wildman–Crippen LogP) is 0.798. The van der Waals surface area contributed by atoms with E-state index in [0.717, 1.165) is 12.3 Å². The number of aromatic nitrogens is 1. The van der Waals surface area contributed by atoms with Crippen LogP contribution >= 0.6 is 0 Å². The minimum Gasteiger partial charge on any atom is -0.618 e. The fourth-order valence-electron chi connectivity index (χ4n) is 0.863. The lowest BCUT2D eigenvalue weighted by Crippen LogP contribution is -2.36. The van der Waals surface area contributed by atoms with Gasteiger partial charge >= 0.3 is 6.18 Å². The van der Waals surface area contributed by atoms with E-state index in [1.165, 1.54) is 6.07 Å². The largest absolute Gasteiger partial charge is 0.618 e. The second-order valence-electron chi connectivity index (χ2n) is 2.45. The Labute approximate surface area is 72.2 Å². The summed E-state index contributed by atoms with van der Waals surface area (Å²) < 4.78 is 35.9. The number of rotatable bonds is 1. The molecule has 0 spiro atoms. The Balaban J connectivity index is 3.13. The molecule has 0 fully saturated rings. The number of hydrogen-bond donors (Lipinski definition) is 1.